The largest absolute Gasteiger partial charge is 0.489 e. The standard InChI is InChI=1S/C20H24O3/c21-13-17(22)12-19-18-9-5-4-8-16(18)10-11-20(19)23-14-15-6-2-1-3-7-15/h1-3,6-7,10-11,17,21-22H,4-5,8-9,12-14H2. The molecule has 3 rings (SSSR count). The Kier molecular flexibility index (Phi) is 5.31. The summed E-state index contributed by atoms with van der Waals surface area (Å²) >= 11 is 0. The Hall–Kier alpha value is -1.84. The fourth-order valence-corrected chi connectivity index (χ4v) is 3.28. The summed E-state index contributed by atoms with van der Waals surface area (Å²) < 4.78 is 6.04. The number of rotatable bonds is 6. The molecule has 0 amide bonds. The van der Waals surface area contributed by atoms with Gasteiger partial charge >= 0.3 is 0 Å². The van der Waals surface area contributed by atoms with Crippen molar-refractivity contribution in [3.05, 3.63) is 64.7 Å². The lowest BCUT2D eigenvalue weighted by Crippen LogP contribution is -2.19. The van der Waals surface area contributed by atoms with Crippen molar-refractivity contribution in [3.8, 4) is 5.75 Å². The second kappa shape index (κ2) is 7.62. The zero-order valence-electron chi connectivity index (χ0n) is 13.4. The third-order valence-electron chi connectivity index (χ3n) is 4.50. The van der Waals surface area contributed by atoms with Gasteiger partial charge in [-0.3, -0.25) is 0 Å². The summed E-state index contributed by atoms with van der Waals surface area (Å²) in [6, 6.07) is 14.3. The molecule has 1 aliphatic carbocycles. The summed E-state index contributed by atoms with van der Waals surface area (Å²) in [5.41, 5.74) is 4.87. The van der Waals surface area contributed by atoms with Crippen LogP contribution in [0.4, 0.5) is 0 Å². The number of aliphatic hydroxyl groups is 2. The van der Waals surface area contributed by atoms with E-state index in [9.17, 15) is 10.2 Å². The molecule has 0 spiro atoms. The molecule has 1 aliphatic rings. The molecule has 2 aromatic carbocycles. The molecule has 0 saturated heterocycles. The van der Waals surface area contributed by atoms with Crippen molar-refractivity contribution in [1.29, 1.82) is 0 Å². The molecule has 0 bridgehead atoms. The molecule has 2 N–H and O–H groups in total. The zero-order chi connectivity index (χ0) is 16.1. The van der Waals surface area contributed by atoms with Gasteiger partial charge in [-0.15, -0.1) is 0 Å². The SMILES string of the molecule is OCC(O)Cc1c(OCc2ccccc2)ccc2c1CCCC2. The highest BCUT2D eigenvalue weighted by Gasteiger charge is 2.19. The van der Waals surface area contributed by atoms with Crippen LogP contribution < -0.4 is 4.74 Å². The topological polar surface area (TPSA) is 49.7 Å². The van der Waals surface area contributed by atoms with Gasteiger partial charge in [-0.05, 0) is 48.4 Å². The quantitative estimate of drug-likeness (QED) is 0.862. The molecule has 2 aromatic rings. The van der Waals surface area contributed by atoms with Crippen molar-refractivity contribution < 1.29 is 14.9 Å². The van der Waals surface area contributed by atoms with Crippen LogP contribution in [-0.4, -0.2) is 22.9 Å². The minimum atomic E-state index is -0.734. The fraction of sp³-hybridized carbons (Fsp3) is 0.400. The first-order valence-corrected chi connectivity index (χ1v) is 8.37. The summed E-state index contributed by atoms with van der Waals surface area (Å²) in [5.74, 6) is 0.835. The molecular formula is C20H24O3. The monoisotopic (exact) mass is 312 g/mol. The average Bonchev–Trinajstić information content (AvgIpc) is 2.61. The van der Waals surface area contributed by atoms with Crippen molar-refractivity contribution in [1.82, 2.24) is 0 Å². The van der Waals surface area contributed by atoms with Crippen molar-refractivity contribution in [2.45, 2.75) is 44.8 Å². The van der Waals surface area contributed by atoms with Gasteiger partial charge < -0.3 is 14.9 Å². The molecule has 3 nitrogen and oxygen atoms in total. The van der Waals surface area contributed by atoms with Crippen LogP contribution >= 0.6 is 0 Å². The third kappa shape index (κ3) is 3.92. The van der Waals surface area contributed by atoms with Crippen LogP contribution in [0.25, 0.3) is 0 Å². The lowest BCUT2D eigenvalue weighted by molar-refractivity contribution is 0.0945. The summed E-state index contributed by atoms with van der Waals surface area (Å²) in [6.45, 7) is 0.295. The molecule has 0 aromatic heterocycles. The van der Waals surface area contributed by atoms with Crippen molar-refractivity contribution in [3.63, 3.8) is 0 Å². The minimum Gasteiger partial charge on any atom is -0.489 e. The average molecular weight is 312 g/mol. The predicted molar refractivity (Wildman–Crippen MR) is 90.7 cm³/mol. The van der Waals surface area contributed by atoms with Gasteiger partial charge in [0.15, 0.2) is 0 Å². The number of fused-ring (bicyclic) bond motifs is 1. The second-order valence-corrected chi connectivity index (χ2v) is 6.20. The summed E-state index contributed by atoms with van der Waals surface area (Å²) in [6.07, 6.45) is 4.24. The van der Waals surface area contributed by atoms with E-state index in [1.54, 1.807) is 0 Å². The van der Waals surface area contributed by atoms with E-state index >= 15 is 0 Å². The molecule has 1 unspecified atom stereocenters. The molecule has 23 heavy (non-hydrogen) atoms. The number of benzene rings is 2. The van der Waals surface area contributed by atoms with Gasteiger partial charge in [-0.2, -0.15) is 0 Å². The van der Waals surface area contributed by atoms with Gasteiger partial charge in [0, 0.05) is 12.0 Å². The lowest BCUT2D eigenvalue weighted by atomic mass is 9.86. The molecule has 122 valence electrons. The Morgan fingerprint density at radius 3 is 2.57 bits per heavy atom. The maximum atomic E-state index is 9.92. The van der Waals surface area contributed by atoms with E-state index in [-0.39, 0.29) is 6.61 Å². The first kappa shape index (κ1) is 16.0. The van der Waals surface area contributed by atoms with Crippen LogP contribution in [0.1, 0.15) is 35.1 Å². The Labute approximate surface area is 137 Å². The summed E-state index contributed by atoms with van der Waals surface area (Å²) in [4.78, 5) is 0. The smallest absolute Gasteiger partial charge is 0.123 e. The van der Waals surface area contributed by atoms with Crippen LogP contribution in [-0.2, 0) is 25.9 Å². The molecule has 0 saturated carbocycles. The van der Waals surface area contributed by atoms with Crippen LogP contribution in [0, 0.1) is 0 Å². The Balaban J connectivity index is 1.85. The van der Waals surface area contributed by atoms with Gasteiger partial charge in [0.25, 0.3) is 0 Å². The van der Waals surface area contributed by atoms with E-state index in [0.29, 0.717) is 13.0 Å². The highest BCUT2D eigenvalue weighted by atomic mass is 16.5. The highest BCUT2D eigenvalue weighted by Crippen LogP contribution is 2.32. The molecule has 0 fully saturated rings. The van der Waals surface area contributed by atoms with E-state index in [2.05, 4.69) is 6.07 Å². The van der Waals surface area contributed by atoms with Crippen LogP contribution in [0.2, 0.25) is 0 Å². The normalized spacial score (nSPS) is 15.0. The summed E-state index contributed by atoms with van der Waals surface area (Å²) in [5, 5.41) is 19.1. The first-order valence-electron chi connectivity index (χ1n) is 8.37. The number of aryl methyl sites for hydroxylation is 1. The zero-order valence-corrected chi connectivity index (χ0v) is 13.4. The van der Waals surface area contributed by atoms with Gasteiger partial charge in [-0.1, -0.05) is 36.4 Å². The molecule has 0 radical (unpaired) electrons. The lowest BCUT2D eigenvalue weighted by Gasteiger charge is -2.23. The van der Waals surface area contributed by atoms with Gasteiger partial charge in [-0.25, -0.2) is 0 Å². The Morgan fingerprint density at radius 1 is 1.00 bits per heavy atom. The second-order valence-electron chi connectivity index (χ2n) is 6.20. The molecule has 3 heteroatoms. The van der Waals surface area contributed by atoms with Crippen LogP contribution in [0.3, 0.4) is 0 Å². The van der Waals surface area contributed by atoms with E-state index in [1.807, 2.05) is 36.4 Å². The molecule has 0 heterocycles. The first-order chi connectivity index (χ1) is 11.3. The Morgan fingerprint density at radius 2 is 1.78 bits per heavy atom. The van der Waals surface area contributed by atoms with Gasteiger partial charge in [0.05, 0.1) is 12.7 Å². The van der Waals surface area contributed by atoms with Crippen molar-refractivity contribution in [2.24, 2.45) is 0 Å². The maximum Gasteiger partial charge on any atom is 0.123 e. The summed E-state index contributed by atoms with van der Waals surface area (Å²) in [7, 11) is 0. The van der Waals surface area contributed by atoms with Crippen molar-refractivity contribution in [2.75, 3.05) is 6.61 Å². The van der Waals surface area contributed by atoms with E-state index in [4.69, 9.17) is 4.74 Å². The maximum absolute atomic E-state index is 9.92. The number of ether oxygens (including phenoxy) is 1. The fourth-order valence-electron chi connectivity index (χ4n) is 3.28. The number of aliphatic hydroxyl groups excluding tert-OH is 2. The van der Waals surface area contributed by atoms with Gasteiger partial charge in [0.2, 0.25) is 0 Å². The predicted octanol–water partition coefficient (Wildman–Crippen LogP) is 3.04. The molecule has 0 aliphatic heterocycles. The number of hydrogen-bond acceptors (Lipinski definition) is 3. The van der Waals surface area contributed by atoms with Crippen LogP contribution in [0.5, 0.6) is 5.75 Å². The van der Waals surface area contributed by atoms with Gasteiger partial charge in [0.1, 0.15) is 12.4 Å². The Bertz CT molecular complexity index is 637. The number of hydrogen-bond donors (Lipinski definition) is 2. The third-order valence-corrected chi connectivity index (χ3v) is 4.50. The van der Waals surface area contributed by atoms with E-state index < -0.39 is 6.10 Å². The molecular weight excluding hydrogens is 288 g/mol. The van der Waals surface area contributed by atoms with E-state index in [0.717, 1.165) is 29.7 Å². The van der Waals surface area contributed by atoms with E-state index in [1.165, 1.54) is 24.0 Å². The van der Waals surface area contributed by atoms with Crippen molar-refractivity contribution >= 4 is 0 Å². The highest BCUT2D eigenvalue weighted by molar-refractivity contribution is 5.47. The van der Waals surface area contributed by atoms with Crippen LogP contribution in [0.15, 0.2) is 42.5 Å². The molecule has 1 atom stereocenters. The minimum absolute atomic E-state index is 0.220.